The summed E-state index contributed by atoms with van der Waals surface area (Å²) in [6.07, 6.45) is 4.27. The summed E-state index contributed by atoms with van der Waals surface area (Å²) in [4.78, 5) is 45.3. The van der Waals surface area contributed by atoms with Gasteiger partial charge >= 0.3 is 5.97 Å². The van der Waals surface area contributed by atoms with Crippen LogP contribution in [0.15, 0.2) is 48.8 Å². The Kier molecular flexibility index (Phi) is 9.43. The summed E-state index contributed by atoms with van der Waals surface area (Å²) in [5, 5.41) is 4.30. The first-order valence-electron chi connectivity index (χ1n) is 14.0. The first-order valence-corrected chi connectivity index (χ1v) is 15.1. The molecule has 2 amide bonds. The zero-order valence-corrected chi connectivity index (χ0v) is 25.6. The van der Waals surface area contributed by atoms with E-state index < -0.39 is 17.8 Å². The molecule has 0 saturated carbocycles. The zero-order valence-electron chi connectivity index (χ0n) is 24.1. The second-order valence-corrected chi connectivity index (χ2v) is 11.8. The molecule has 1 aliphatic rings. The van der Waals surface area contributed by atoms with Gasteiger partial charge in [0.25, 0.3) is 5.91 Å². The molecule has 2 aromatic carbocycles. The minimum absolute atomic E-state index is 0.117. The number of para-hydroxylation sites is 1. The first kappa shape index (κ1) is 30.7. The number of methoxy groups -OCH3 is 1. The molecule has 0 unspecified atom stereocenters. The van der Waals surface area contributed by atoms with Crippen molar-refractivity contribution in [3.63, 3.8) is 0 Å². The summed E-state index contributed by atoms with van der Waals surface area (Å²) < 4.78 is 27.8. The van der Waals surface area contributed by atoms with Crippen LogP contribution in [0.1, 0.15) is 51.6 Å². The second-order valence-electron chi connectivity index (χ2n) is 10.3. The number of fused-ring (bicyclic) bond motifs is 1. The van der Waals surface area contributed by atoms with E-state index in [4.69, 9.17) is 21.1 Å². The van der Waals surface area contributed by atoms with Crippen LogP contribution in [0, 0.1) is 5.82 Å². The molecule has 3 heterocycles. The maximum Gasteiger partial charge on any atom is 0.305 e. The molecule has 43 heavy (non-hydrogen) atoms. The minimum Gasteiger partial charge on any atom is -0.469 e. The monoisotopic (exact) mass is 626 g/mol. The van der Waals surface area contributed by atoms with Gasteiger partial charge in [-0.25, -0.2) is 9.37 Å². The summed E-state index contributed by atoms with van der Waals surface area (Å²) in [6.45, 7) is 2.79. The van der Waals surface area contributed by atoms with E-state index in [0.29, 0.717) is 36.6 Å². The van der Waals surface area contributed by atoms with E-state index in [-0.39, 0.29) is 47.1 Å². The number of aryl methyl sites for hydroxylation is 2. The molecule has 0 aliphatic carbocycles. The molecule has 1 saturated heterocycles. The lowest BCUT2D eigenvalue weighted by molar-refractivity contribution is -0.140. The van der Waals surface area contributed by atoms with Gasteiger partial charge in [0.05, 0.1) is 42.3 Å². The number of esters is 1. The van der Waals surface area contributed by atoms with Gasteiger partial charge in [-0.05, 0) is 43.5 Å². The van der Waals surface area contributed by atoms with Crippen molar-refractivity contribution in [3.05, 3.63) is 80.6 Å². The van der Waals surface area contributed by atoms with Gasteiger partial charge in [0.1, 0.15) is 16.9 Å². The molecule has 226 valence electrons. The van der Waals surface area contributed by atoms with Crippen LogP contribution in [0.25, 0.3) is 10.9 Å². The Hall–Kier alpha value is -3.80. The van der Waals surface area contributed by atoms with E-state index in [1.807, 2.05) is 42.8 Å². The van der Waals surface area contributed by atoms with Crippen molar-refractivity contribution in [2.24, 2.45) is 7.05 Å². The van der Waals surface area contributed by atoms with Gasteiger partial charge in [-0.1, -0.05) is 29.8 Å². The van der Waals surface area contributed by atoms with Gasteiger partial charge in [0, 0.05) is 48.4 Å². The fraction of sp³-hybridized carbons (Fsp3) is 0.355. The number of halogens is 2. The van der Waals surface area contributed by atoms with Gasteiger partial charge < -0.3 is 24.3 Å². The van der Waals surface area contributed by atoms with Crippen LogP contribution < -0.4 is 5.32 Å². The molecular formula is C31H32ClFN4O5S. The number of benzene rings is 2. The van der Waals surface area contributed by atoms with Crippen LogP contribution >= 0.6 is 22.9 Å². The minimum atomic E-state index is -0.651. The molecule has 1 aliphatic heterocycles. The zero-order chi connectivity index (χ0) is 30.7. The van der Waals surface area contributed by atoms with Crippen LogP contribution in [0.4, 0.5) is 10.1 Å². The third-order valence-corrected chi connectivity index (χ3v) is 8.98. The number of anilines is 1. The summed E-state index contributed by atoms with van der Waals surface area (Å²) in [6, 6.07) is 9.58. The van der Waals surface area contributed by atoms with E-state index in [0.717, 1.165) is 21.8 Å². The number of hydrogen-bond donors (Lipinski definition) is 1. The maximum absolute atomic E-state index is 15.3. The number of nitrogens with zero attached hydrogens (tertiary/aromatic N) is 3. The number of thiazole rings is 1. The lowest BCUT2D eigenvalue weighted by atomic mass is 10.1. The smallest absolute Gasteiger partial charge is 0.305 e. The number of amides is 2. The largest absolute Gasteiger partial charge is 0.469 e. The molecule has 1 N–H and O–H groups in total. The fourth-order valence-corrected chi connectivity index (χ4v) is 6.74. The average molecular weight is 627 g/mol. The highest BCUT2D eigenvalue weighted by Crippen LogP contribution is 2.38. The number of ether oxygens (including phenoxy) is 2. The van der Waals surface area contributed by atoms with Gasteiger partial charge in [-0.15, -0.1) is 11.3 Å². The third-order valence-electron chi connectivity index (χ3n) is 7.54. The number of hydrogen-bond acceptors (Lipinski definition) is 7. The molecule has 9 nitrogen and oxygen atoms in total. The highest BCUT2D eigenvalue weighted by molar-refractivity contribution is 7.11. The number of rotatable bonds is 10. The van der Waals surface area contributed by atoms with Crippen LogP contribution in [0.5, 0.6) is 0 Å². The Bertz CT molecular complexity index is 1670. The molecule has 4 aromatic rings. The predicted octanol–water partition coefficient (Wildman–Crippen LogP) is 5.71. The lowest BCUT2D eigenvalue weighted by Gasteiger charge is -2.26. The molecule has 12 heteroatoms. The van der Waals surface area contributed by atoms with Crippen LogP contribution in [0.2, 0.25) is 5.02 Å². The SMILES string of the molecule is CCO[C@H]1CCN(C(=O)Cc2cc(Cl)c(NC(=O)c3cn(C)c4ccccc34)cc2F)[C@@H]1c1ncc(CCC(=O)OC)s1. The highest BCUT2D eigenvalue weighted by atomic mass is 35.5. The van der Waals surface area contributed by atoms with E-state index in [1.165, 1.54) is 24.5 Å². The highest BCUT2D eigenvalue weighted by Gasteiger charge is 2.40. The summed E-state index contributed by atoms with van der Waals surface area (Å²) in [5.74, 6) is -1.67. The van der Waals surface area contributed by atoms with Gasteiger partial charge in [-0.3, -0.25) is 14.4 Å². The standard InChI is InChI=1S/C31H32ClFN4O5S/c1-4-42-26-11-12-37(29(26)31-34-16-19(43-31)9-10-28(39)41-3)27(38)14-18-13-22(32)24(15-23(18)33)35-30(40)21-17-36(2)25-8-6-5-7-20(21)25/h5-8,13,15-17,26,29H,4,9-12,14H2,1-3H3,(H,35,40)/t26-,29-/m0/s1. The second kappa shape index (κ2) is 13.2. The maximum atomic E-state index is 15.3. The molecule has 1 fully saturated rings. The van der Waals surface area contributed by atoms with E-state index >= 15 is 4.39 Å². The Morgan fingerprint density at radius 3 is 2.79 bits per heavy atom. The first-order chi connectivity index (χ1) is 20.7. The van der Waals surface area contributed by atoms with E-state index in [2.05, 4.69) is 10.3 Å². The number of carbonyl (C=O) groups is 3. The number of carbonyl (C=O) groups excluding carboxylic acids is 3. The van der Waals surface area contributed by atoms with E-state index in [1.54, 1.807) is 17.3 Å². The predicted molar refractivity (Wildman–Crippen MR) is 163 cm³/mol. The number of nitrogens with one attached hydrogen (secondary N) is 1. The topological polar surface area (TPSA) is 103 Å². The Balaban J connectivity index is 1.31. The number of aromatic nitrogens is 2. The quantitative estimate of drug-likeness (QED) is 0.226. The number of likely N-dealkylation sites (tertiary alicyclic amines) is 1. The van der Waals surface area contributed by atoms with Crippen LogP contribution in [-0.2, 0) is 39.0 Å². The van der Waals surface area contributed by atoms with Gasteiger partial charge in [-0.2, -0.15) is 0 Å². The normalized spacial score (nSPS) is 16.5. The van der Waals surface area contributed by atoms with Crippen molar-refractivity contribution in [3.8, 4) is 0 Å². The third kappa shape index (κ3) is 6.58. The fourth-order valence-electron chi connectivity index (χ4n) is 5.42. The summed E-state index contributed by atoms with van der Waals surface area (Å²) >= 11 is 7.90. The Morgan fingerprint density at radius 1 is 1.23 bits per heavy atom. The summed E-state index contributed by atoms with van der Waals surface area (Å²) in [7, 11) is 3.19. The van der Waals surface area contributed by atoms with Crippen molar-refractivity contribution in [1.29, 1.82) is 0 Å². The van der Waals surface area contributed by atoms with Crippen molar-refractivity contribution >= 4 is 57.3 Å². The van der Waals surface area contributed by atoms with Crippen molar-refractivity contribution in [2.75, 3.05) is 25.6 Å². The molecule has 2 atom stereocenters. The van der Waals surface area contributed by atoms with Crippen LogP contribution in [-0.4, -0.2) is 58.6 Å². The summed E-state index contributed by atoms with van der Waals surface area (Å²) in [5.41, 5.74) is 1.56. The lowest BCUT2D eigenvalue weighted by Crippen LogP contribution is -2.35. The molecular weight excluding hydrogens is 595 g/mol. The van der Waals surface area contributed by atoms with E-state index in [9.17, 15) is 14.4 Å². The Morgan fingerprint density at radius 2 is 2.02 bits per heavy atom. The average Bonchev–Trinajstić information content (AvgIpc) is 3.72. The van der Waals surface area contributed by atoms with Crippen molar-refractivity contribution in [2.45, 2.75) is 44.8 Å². The van der Waals surface area contributed by atoms with Gasteiger partial charge in [0.2, 0.25) is 5.91 Å². The molecule has 5 rings (SSSR count). The molecule has 2 aromatic heterocycles. The van der Waals surface area contributed by atoms with Crippen molar-refractivity contribution < 1.29 is 28.2 Å². The van der Waals surface area contributed by atoms with Crippen molar-refractivity contribution in [1.82, 2.24) is 14.5 Å². The van der Waals surface area contributed by atoms with Crippen LogP contribution in [0.3, 0.4) is 0 Å². The molecule has 0 radical (unpaired) electrons. The molecule has 0 spiro atoms. The Labute approximate surface area is 257 Å². The van der Waals surface area contributed by atoms with Gasteiger partial charge in [0.15, 0.2) is 0 Å². The molecule has 0 bridgehead atoms.